The van der Waals surface area contributed by atoms with Gasteiger partial charge in [-0.05, 0) is 73.4 Å². The average molecular weight is 1060 g/mol. The van der Waals surface area contributed by atoms with Gasteiger partial charge < -0.3 is 41.5 Å². The van der Waals surface area contributed by atoms with Gasteiger partial charge in [0, 0.05) is 47.1 Å². The number of halogens is 1. The van der Waals surface area contributed by atoms with Crippen molar-refractivity contribution >= 4 is 70.0 Å². The smallest absolute Gasteiger partial charge is 0.246 e. The van der Waals surface area contributed by atoms with E-state index in [1.165, 1.54) is 4.90 Å². The largest absolute Gasteiger partial charge is 0.370 e. The van der Waals surface area contributed by atoms with E-state index in [2.05, 4.69) is 42.1 Å². The number of aryl methyl sites for hydroxylation is 2. The summed E-state index contributed by atoms with van der Waals surface area (Å²) in [5.74, 6) is -3.22. The van der Waals surface area contributed by atoms with E-state index in [0.717, 1.165) is 37.7 Å². The van der Waals surface area contributed by atoms with Crippen molar-refractivity contribution in [3.8, 4) is 16.1 Å². The zero-order chi connectivity index (χ0) is 53.6. The summed E-state index contributed by atoms with van der Waals surface area (Å²) in [4.78, 5) is 105. The molecule has 75 heavy (non-hydrogen) atoms. The summed E-state index contributed by atoms with van der Waals surface area (Å²) in [6.45, 7) is 9.91. The van der Waals surface area contributed by atoms with Gasteiger partial charge in [-0.2, -0.15) is 0 Å². The monoisotopic (exact) mass is 1060 g/mol. The third-order valence-corrected chi connectivity index (χ3v) is 14.9. The third-order valence-electron chi connectivity index (χ3n) is 13.5. The van der Waals surface area contributed by atoms with Gasteiger partial charge in [-0.15, -0.1) is 21.5 Å². The van der Waals surface area contributed by atoms with Crippen LogP contribution in [0.15, 0.2) is 83.9 Å². The number of nitrogens with zero attached hydrogens (tertiary/aromatic N) is 5. The maximum absolute atomic E-state index is 14.2. The Labute approximate surface area is 444 Å². The van der Waals surface area contributed by atoms with Crippen LogP contribution in [0.2, 0.25) is 5.02 Å². The molecule has 5 aromatic rings. The van der Waals surface area contributed by atoms with E-state index in [9.17, 15) is 33.6 Å². The standard InChI is InChI=1S/C54H62ClN11O8S/c1-30-31(2)75-53-45(30)46(36-18-20-37(55)21-19-36)60-38(48-64-63-32(3)66(48)53)26-42(67)57-27-40-50(71)56-22-24-74-29-44(69)62-47(54(4,5)6)52(73)65-23-10-13-41(65)51(72)61-39(49(70)58-28-43(68)59-40)25-33-14-16-35(17-15-33)34-11-8-7-9-12-34/h7-9,11-12,14-21,38-41,47H,10,13,22-29H2,1-6H3,(H,56,71)(H,57,67)(H,58,70)(H,59,68)(H,61,72)(H,62,69)/t38-,39+,40+,41-,47?/m0/s1. The molecule has 3 aliphatic heterocycles. The summed E-state index contributed by atoms with van der Waals surface area (Å²) < 4.78 is 7.51. The van der Waals surface area contributed by atoms with E-state index in [1.807, 2.05) is 92.1 Å². The minimum atomic E-state index is -1.35. The van der Waals surface area contributed by atoms with Gasteiger partial charge in [0.15, 0.2) is 5.82 Å². The van der Waals surface area contributed by atoms with Gasteiger partial charge in [-0.25, -0.2) is 0 Å². The maximum atomic E-state index is 14.2. The second-order valence-electron chi connectivity index (χ2n) is 20.0. The zero-order valence-electron chi connectivity index (χ0n) is 42.8. The fraction of sp³-hybridized carbons (Fsp3) is 0.407. The molecular weight excluding hydrogens is 998 g/mol. The number of aromatic nitrogens is 3. The number of carbonyl (C=O) groups excluding carboxylic acids is 7. The second kappa shape index (κ2) is 23.5. The molecule has 394 valence electrons. The lowest BCUT2D eigenvalue weighted by Gasteiger charge is -2.35. The van der Waals surface area contributed by atoms with Gasteiger partial charge in [0.2, 0.25) is 41.4 Å². The number of hydrogen-bond acceptors (Lipinski definition) is 12. The fourth-order valence-corrected chi connectivity index (χ4v) is 10.7. The molecule has 7 amide bonds. The molecule has 3 aromatic carbocycles. The van der Waals surface area contributed by atoms with Crippen LogP contribution in [0.1, 0.15) is 84.9 Å². The van der Waals surface area contributed by atoms with Gasteiger partial charge in [0.05, 0.1) is 25.3 Å². The fourth-order valence-electron chi connectivity index (χ4n) is 9.37. The van der Waals surface area contributed by atoms with E-state index in [0.29, 0.717) is 40.8 Å². The number of hydrogen-bond donors (Lipinski definition) is 6. The molecule has 0 bridgehead atoms. The van der Waals surface area contributed by atoms with Crippen molar-refractivity contribution < 1.29 is 38.3 Å². The number of ether oxygens (including phenoxy) is 1. The SMILES string of the molecule is Cc1sc2c(c1C)C(c1ccc(Cl)cc1)=N[C@@H](CC(=O)NC[C@H]1NC(=O)CNC(=O)[C@@H](Cc3ccc(-c4ccccc4)cc3)NC(=O)[C@@H]3CCCN3C(=O)C(C(C)(C)C)NC(=O)COCCNC1=O)c1nnc(C)n1-2. The summed E-state index contributed by atoms with van der Waals surface area (Å²) in [5, 5.41) is 26.7. The van der Waals surface area contributed by atoms with Crippen molar-refractivity contribution in [2.45, 2.75) is 97.4 Å². The molecule has 5 atom stereocenters. The lowest BCUT2D eigenvalue weighted by Crippen LogP contribution is -2.59. The molecule has 1 unspecified atom stereocenters. The predicted octanol–water partition coefficient (Wildman–Crippen LogP) is 3.97. The Morgan fingerprint density at radius 1 is 0.813 bits per heavy atom. The van der Waals surface area contributed by atoms with Crippen LogP contribution in [-0.4, -0.2) is 130 Å². The van der Waals surface area contributed by atoms with Crippen LogP contribution in [0.4, 0.5) is 0 Å². The molecule has 0 spiro atoms. The molecule has 5 heterocycles. The lowest BCUT2D eigenvalue weighted by atomic mass is 9.85. The highest BCUT2D eigenvalue weighted by Gasteiger charge is 2.43. The van der Waals surface area contributed by atoms with Crippen LogP contribution < -0.4 is 31.9 Å². The summed E-state index contributed by atoms with van der Waals surface area (Å²) in [5.41, 5.74) is 5.22. The number of nitrogens with one attached hydrogen (secondary N) is 6. The molecule has 2 aromatic heterocycles. The molecular formula is C54H62ClN11O8S. The Balaban J connectivity index is 1.02. The number of rotatable bonds is 8. The first kappa shape index (κ1) is 54.0. The van der Waals surface area contributed by atoms with Crippen molar-refractivity contribution in [2.75, 3.05) is 39.4 Å². The quantitative estimate of drug-likeness (QED) is 0.131. The molecule has 0 radical (unpaired) electrons. The summed E-state index contributed by atoms with van der Waals surface area (Å²) >= 11 is 7.86. The molecule has 19 nitrogen and oxygen atoms in total. The van der Waals surface area contributed by atoms with Gasteiger partial charge in [0.25, 0.3) is 0 Å². The molecule has 8 rings (SSSR count). The highest BCUT2D eigenvalue weighted by Crippen LogP contribution is 2.40. The number of aliphatic imine (C=N–C) groups is 1. The number of amides is 7. The molecule has 0 saturated carbocycles. The van der Waals surface area contributed by atoms with E-state index < -0.39 is 90.1 Å². The average Bonchev–Trinajstić information content (AvgIpc) is 4.09. The molecule has 21 heteroatoms. The van der Waals surface area contributed by atoms with Crippen molar-refractivity contribution in [2.24, 2.45) is 10.4 Å². The molecule has 0 aliphatic carbocycles. The lowest BCUT2D eigenvalue weighted by molar-refractivity contribution is -0.145. The highest BCUT2D eigenvalue weighted by molar-refractivity contribution is 7.15. The van der Waals surface area contributed by atoms with Crippen LogP contribution >= 0.6 is 22.9 Å². The maximum Gasteiger partial charge on any atom is 0.246 e. The van der Waals surface area contributed by atoms with Crippen LogP contribution in [0.5, 0.6) is 0 Å². The summed E-state index contributed by atoms with van der Waals surface area (Å²) in [7, 11) is 0. The van der Waals surface area contributed by atoms with Crippen LogP contribution in [-0.2, 0) is 44.7 Å². The second-order valence-corrected chi connectivity index (χ2v) is 21.6. The Morgan fingerprint density at radius 3 is 2.23 bits per heavy atom. The van der Waals surface area contributed by atoms with Gasteiger partial charge >= 0.3 is 0 Å². The van der Waals surface area contributed by atoms with Crippen molar-refractivity contribution in [3.63, 3.8) is 0 Å². The van der Waals surface area contributed by atoms with E-state index >= 15 is 0 Å². The van der Waals surface area contributed by atoms with E-state index in [-0.39, 0.29) is 39.1 Å². The first-order chi connectivity index (χ1) is 35.9. The molecule has 3 aliphatic rings. The van der Waals surface area contributed by atoms with Crippen molar-refractivity contribution in [1.82, 2.24) is 51.6 Å². The Hall–Kier alpha value is -7.29. The Kier molecular flexibility index (Phi) is 16.9. The van der Waals surface area contributed by atoms with Gasteiger partial charge in [0.1, 0.15) is 47.6 Å². The van der Waals surface area contributed by atoms with E-state index in [1.54, 1.807) is 44.2 Å². The Bertz CT molecular complexity index is 2990. The normalized spacial score (nSPS) is 21.4. The van der Waals surface area contributed by atoms with Crippen LogP contribution in [0, 0.1) is 26.2 Å². The predicted molar refractivity (Wildman–Crippen MR) is 283 cm³/mol. The highest BCUT2D eigenvalue weighted by atomic mass is 35.5. The minimum Gasteiger partial charge on any atom is -0.370 e. The van der Waals surface area contributed by atoms with Crippen LogP contribution in [0.25, 0.3) is 16.1 Å². The minimum absolute atomic E-state index is 0.0300. The Morgan fingerprint density at radius 2 is 1.51 bits per heavy atom. The van der Waals surface area contributed by atoms with Crippen LogP contribution in [0.3, 0.4) is 0 Å². The first-order valence-corrected chi connectivity index (χ1v) is 26.2. The van der Waals surface area contributed by atoms with Gasteiger partial charge in [-0.1, -0.05) is 99.1 Å². The number of carbonyl (C=O) groups is 7. The molecule has 6 N–H and O–H groups in total. The number of thiophene rings is 1. The summed E-state index contributed by atoms with van der Waals surface area (Å²) in [6.07, 6.45) is 0.657. The topological polar surface area (TPSA) is 247 Å². The molecule has 2 fully saturated rings. The van der Waals surface area contributed by atoms with Crippen molar-refractivity contribution in [3.05, 3.63) is 123 Å². The first-order valence-electron chi connectivity index (χ1n) is 25.0. The van der Waals surface area contributed by atoms with Crippen molar-refractivity contribution in [1.29, 1.82) is 0 Å². The zero-order valence-corrected chi connectivity index (χ0v) is 44.3. The molecule has 2 saturated heterocycles. The van der Waals surface area contributed by atoms with E-state index in [4.69, 9.17) is 21.3 Å². The number of fused-ring (bicyclic) bond motifs is 4. The summed E-state index contributed by atoms with van der Waals surface area (Å²) in [6, 6.07) is 19.2. The third kappa shape index (κ3) is 12.8. The number of benzene rings is 3. The van der Waals surface area contributed by atoms with Gasteiger partial charge in [-0.3, -0.25) is 43.1 Å².